The standard InChI is InChI=1S/C9H9N5O2/c10-9(8-11-13-14-12-8)5-15-6-3-1-2-4-7(6)16-9/h1-4H,5,10H2,(H,11,12,13,14). The summed E-state index contributed by atoms with van der Waals surface area (Å²) in [4.78, 5) is 0. The van der Waals surface area contributed by atoms with Crippen LogP contribution >= 0.6 is 0 Å². The van der Waals surface area contributed by atoms with Gasteiger partial charge in [0, 0.05) is 0 Å². The Balaban J connectivity index is 1.98. The minimum Gasteiger partial charge on any atom is -0.483 e. The van der Waals surface area contributed by atoms with E-state index in [2.05, 4.69) is 20.6 Å². The molecule has 1 aromatic carbocycles. The number of nitrogens with zero attached hydrogens (tertiary/aromatic N) is 3. The van der Waals surface area contributed by atoms with E-state index in [0.717, 1.165) is 0 Å². The summed E-state index contributed by atoms with van der Waals surface area (Å²) < 4.78 is 11.1. The predicted octanol–water partition coefficient (Wildman–Crippen LogP) is -0.217. The predicted molar refractivity (Wildman–Crippen MR) is 52.6 cm³/mol. The molecule has 0 bridgehead atoms. The average Bonchev–Trinajstić information content (AvgIpc) is 2.83. The van der Waals surface area contributed by atoms with E-state index in [1.165, 1.54) is 0 Å². The van der Waals surface area contributed by atoms with Crippen molar-refractivity contribution in [1.29, 1.82) is 0 Å². The Kier molecular flexibility index (Phi) is 1.80. The zero-order valence-electron chi connectivity index (χ0n) is 8.25. The number of benzene rings is 1. The van der Waals surface area contributed by atoms with Gasteiger partial charge in [-0.2, -0.15) is 5.21 Å². The number of aromatic nitrogens is 4. The first-order valence-electron chi connectivity index (χ1n) is 4.72. The van der Waals surface area contributed by atoms with Crippen molar-refractivity contribution in [1.82, 2.24) is 20.6 Å². The number of fused-ring (bicyclic) bond motifs is 1. The van der Waals surface area contributed by atoms with Gasteiger partial charge in [0.2, 0.25) is 5.82 Å². The molecule has 1 aromatic heterocycles. The second kappa shape index (κ2) is 3.17. The smallest absolute Gasteiger partial charge is 0.256 e. The van der Waals surface area contributed by atoms with Gasteiger partial charge in [0.1, 0.15) is 6.61 Å². The number of rotatable bonds is 1. The van der Waals surface area contributed by atoms with Crippen LogP contribution in [0, 0.1) is 0 Å². The molecule has 0 saturated heterocycles. The van der Waals surface area contributed by atoms with Gasteiger partial charge in [-0.15, -0.1) is 10.2 Å². The molecule has 0 fully saturated rings. The third-order valence-corrected chi connectivity index (χ3v) is 2.31. The SMILES string of the molecule is NC1(c2nn[nH]n2)COc2ccccc2O1. The molecule has 1 atom stereocenters. The number of hydrogen-bond donors (Lipinski definition) is 2. The molecule has 1 aliphatic rings. The largest absolute Gasteiger partial charge is 0.483 e. The molecule has 0 spiro atoms. The summed E-state index contributed by atoms with van der Waals surface area (Å²) in [6, 6.07) is 7.28. The van der Waals surface area contributed by atoms with E-state index in [4.69, 9.17) is 15.2 Å². The van der Waals surface area contributed by atoms with Gasteiger partial charge in [-0.05, 0) is 17.3 Å². The molecule has 3 rings (SSSR count). The van der Waals surface area contributed by atoms with Gasteiger partial charge in [-0.1, -0.05) is 12.1 Å². The molecule has 2 aromatic rings. The maximum absolute atomic E-state index is 6.01. The van der Waals surface area contributed by atoms with E-state index < -0.39 is 5.72 Å². The van der Waals surface area contributed by atoms with Gasteiger partial charge in [-0.3, -0.25) is 5.73 Å². The van der Waals surface area contributed by atoms with Crippen molar-refractivity contribution in [3.8, 4) is 11.5 Å². The summed E-state index contributed by atoms with van der Waals surface area (Å²) in [6.07, 6.45) is 0. The molecule has 0 aliphatic carbocycles. The highest BCUT2D eigenvalue weighted by Gasteiger charge is 2.39. The van der Waals surface area contributed by atoms with E-state index in [1.54, 1.807) is 6.07 Å². The molecular formula is C9H9N5O2. The number of aromatic amines is 1. The van der Waals surface area contributed by atoms with E-state index >= 15 is 0 Å². The number of nitrogens with two attached hydrogens (primary N) is 1. The third kappa shape index (κ3) is 1.29. The summed E-state index contributed by atoms with van der Waals surface area (Å²) in [5, 5.41) is 13.4. The highest BCUT2D eigenvalue weighted by molar-refractivity contribution is 5.41. The van der Waals surface area contributed by atoms with Crippen LogP contribution < -0.4 is 15.2 Å². The lowest BCUT2D eigenvalue weighted by molar-refractivity contribution is -0.0148. The maximum Gasteiger partial charge on any atom is 0.256 e. The Morgan fingerprint density at radius 2 is 2.12 bits per heavy atom. The Bertz CT molecular complexity index is 500. The molecule has 2 heterocycles. The van der Waals surface area contributed by atoms with Crippen LogP contribution in [0.1, 0.15) is 5.82 Å². The highest BCUT2D eigenvalue weighted by Crippen LogP contribution is 2.35. The lowest BCUT2D eigenvalue weighted by Crippen LogP contribution is -2.51. The first kappa shape index (κ1) is 9.10. The maximum atomic E-state index is 6.01. The normalized spacial score (nSPS) is 23.1. The fourth-order valence-corrected chi connectivity index (χ4v) is 1.52. The van der Waals surface area contributed by atoms with E-state index in [1.807, 2.05) is 18.2 Å². The quantitative estimate of drug-likeness (QED) is 0.688. The fourth-order valence-electron chi connectivity index (χ4n) is 1.52. The van der Waals surface area contributed by atoms with Gasteiger partial charge in [0.25, 0.3) is 5.72 Å². The molecule has 0 amide bonds. The zero-order chi connectivity index (χ0) is 11.0. The van der Waals surface area contributed by atoms with Crippen LogP contribution in [0.2, 0.25) is 0 Å². The van der Waals surface area contributed by atoms with Crippen LogP contribution in [0.5, 0.6) is 11.5 Å². The van der Waals surface area contributed by atoms with Crippen molar-refractivity contribution in [2.75, 3.05) is 6.61 Å². The van der Waals surface area contributed by atoms with Crippen LogP contribution in [0.3, 0.4) is 0 Å². The van der Waals surface area contributed by atoms with E-state index in [9.17, 15) is 0 Å². The molecule has 82 valence electrons. The Morgan fingerprint density at radius 3 is 2.88 bits per heavy atom. The third-order valence-electron chi connectivity index (χ3n) is 2.31. The highest BCUT2D eigenvalue weighted by atomic mass is 16.6. The number of nitrogens with one attached hydrogen (secondary N) is 1. The molecule has 3 N–H and O–H groups in total. The summed E-state index contributed by atoms with van der Waals surface area (Å²) in [6.45, 7) is 0.142. The summed E-state index contributed by atoms with van der Waals surface area (Å²) in [5.74, 6) is 1.50. The molecule has 0 radical (unpaired) electrons. The zero-order valence-corrected chi connectivity index (χ0v) is 8.25. The van der Waals surface area contributed by atoms with Crippen molar-refractivity contribution >= 4 is 0 Å². The van der Waals surface area contributed by atoms with Crippen LogP contribution in [0.15, 0.2) is 24.3 Å². The molecular weight excluding hydrogens is 210 g/mol. The van der Waals surface area contributed by atoms with Gasteiger partial charge in [0.15, 0.2) is 11.5 Å². The molecule has 16 heavy (non-hydrogen) atoms. The van der Waals surface area contributed by atoms with Crippen LogP contribution in [0.4, 0.5) is 0 Å². The number of tetrazole rings is 1. The topological polar surface area (TPSA) is 98.9 Å². The van der Waals surface area contributed by atoms with Crippen molar-refractivity contribution < 1.29 is 9.47 Å². The fraction of sp³-hybridized carbons (Fsp3) is 0.222. The molecule has 1 unspecified atom stereocenters. The molecule has 7 nitrogen and oxygen atoms in total. The number of hydrogen-bond acceptors (Lipinski definition) is 6. The van der Waals surface area contributed by atoms with Crippen molar-refractivity contribution in [2.45, 2.75) is 5.72 Å². The lowest BCUT2D eigenvalue weighted by Gasteiger charge is -2.32. The van der Waals surface area contributed by atoms with Crippen molar-refractivity contribution in [3.63, 3.8) is 0 Å². The summed E-state index contributed by atoms with van der Waals surface area (Å²) >= 11 is 0. The number of H-pyrrole nitrogens is 1. The first-order chi connectivity index (χ1) is 7.78. The average molecular weight is 219 g/mol. The van der Waals surface area contributed by atoms with Crippen LogP contribution in [0.25, 0.3) is 0 Å². The second-order valence-corrected chi connectivity index (χ2v) is 3.46. The lowest BCUT2D eigenvalue weighted by atomic mass is 10.2. The van der Waals surface area contributed by atoms with Crippen LogP contribution in [-0.4, -0.2) is 27.2 Å². The minimum atomic E-state index is -1.19. The van der Waals surface area contributed by atoms with Crippen molar-refractivity contribution in [2.24, 2.45) is 5.73 Å². The Morgan fingerprint density at radius 1 is 1.31 bits per heavy atom. The van der Waals surface area contributed by atoms with E-state index in [0.29, 0.717) is 11.5 Å². The monoisotopic (exact) mass is 219 g/mol. The minimum absolute atomic E-state index is 0.142. The molecule has 0 saturated carbocycles. The Labute approximate surface area is 90.6 Å². The molecule has 1 aliphatic heterocycles. The second-order valence-electron chi connectivity index (χ2n) is 3.46. The van der Waals surface area contributed by atoms with Gasteiger partial charge >= 0.3 is 0 Å². The Hall–Kier alpha value is -2.15. The van der Waals surface area contributed by atoms with Gasteiger partial charge < -0.3 is 9.47 Å². The number of ether oxygens (including phenoxy) is 2. The van der Waals surface area contributed by atoms with Crippen molar-refractivity contribution in [3.05, 3.63) is 30.1 Å². The van der Waals surface area contributed by atoms with Gasteiger partial charge in [-0.25, -0.2) is 0 Å². The summed E-state index contributed by atoms with van der Waals surface area (Å²) in [7, 11) is 0. The first-order valence-corrected chi connectivity index (χ1v) is 4.72. The number of para-hydroxylation sites is 2. The summed E-state index contributed by atoms with van der Waals surface area (Å²) in [5.41, 5.74) is 4.81. The molecule has 7 heteroatoms. The van der Waals surface area contributed by atoms with Gasteiger partial charge in [0.05, 0.1) is 0 Å². The van der Waals surface area contributed by atoms with E-state index in [-0.39, 0.29) is 12.4 Å². The van der Waals surface area contributed by atoms with Crippen LogP contribution in [-0.2, 0) is 5.72 Å².